The standard InChI is InChI=1S/C19H17NO/c1-13-12-18(15-8-10-17(21)11-9-15)19(20-14(13)2)16-6-4-3-5-7-16/h3-12,21H,1-2H3. The number of aromatic nitrogens is 1. The van der Waals surface area contributed by atoms with E-state index in [9.17, 15) is 5.11 Å². The molecule has 0 aliphatic carbocycles. The molecule has 0 spiro atoms. The molecule has 0 radical (unpaired) electrons. The van der Waals surface area contributed by atoms with Gasteiger partial charge in [0.25, 0.3) is 0 Å². The number of nitrogens with zero attached hydrogens (tertiary/aromatic N) is 1. The van der Waals surface area contributed by atoms with Gasteiger partial charge in [-0.15, -0.1) is 0 Å². The van der Waals surface area contributed by atoms with Crippen molar-refractivity contribution in [1.82, 2.24) is 4.98 Å². The first kappa shape index (κ1) is 13.4. The predicted octanol–water partition coefficient (Wildman–Crippen LogP) is 4.74. The van der Waals surface area contributed by atoms with Gasteiger partial charge in [-0.25, -0.2) is 0 Å². The van der Waals surface area contributed by atoms with Gasteiger partial charge in [-0.05, 0) is 43.2 Å². The third-order valence-corrected chi connectivity index (χ3v) is 3.69. The number of phenols is 1. The maximum Gasteiger partial charge on any atom is 0.115 e. The fraction of sp³-hybridized carbons (Fsp3) is 0.105. The van der Waals surface area contributed by atoms with E-state index in [1.807, 2.05) is 37.3 Å². The van der Waals surface area contributed by atoms with Crippen LogP contribution in [0.4, 0.5) is 0 Å². The summed E-state index contributed by atoms with van der Waals surface area (Å²) in [6.45, 7) is 4.10. The molecule has 0 atom stereocenters. The van der Waals surface area contributed by atoms with Gasteiger partial charge in [-0.1, -0.05) is 42.5 Å². The lowest BCUT2D eigenvalue weighted by atomic mass is 9.97. The molecule has 0 unspecified atom stereocenters. The Kier molecular flexibility index (Phi) is 3.44. The van der Waals surface area contributed by atoms with Crippen LogP contribution >= 0.6 is 0 Å². The highest BCUT2D eigenvalue weighted by molar-refractivity contribution is 5.81. The number of hydrogen-bond donors (Lipinski definition) is 1. The van der Waals surface area contributed by atoms with E-state index >= 15 is 0 Å². The third-order valence-electron chi connectivity index (χ3n) is 3.69. The molecule has 3 rings (SSSR count). The lowest BCUT2D eigenvalue weighted by molar-refractivity contribution is 0.475. The molecule has 1 heterocycles. The van der Waals surface area contributed by atoms with Crippen LogP contribution in [0.5, 0.6) is 5.75 Å². The molecule has 1 aromatic heterocycles. The van der Waals surface area contributed by atoms with Crippen molar-refractivity contribution >= 4 is 0 Å². The van der Waals surface area contributed by atoms with E-state index in [4.69, 9.17) is 4.98 Å². The molecule has 0 aliphatic heterocycles. The van der Waals surface area contributed by atoms with Crippen molar-refractivity contribution in [3.63, 3.8) is 0 Å². The van der Waals surface area contributed by atoms with Crippen LogP contribution < -0.4 is 0 Å². The predicted molar refractivity (Wildman–Crippen MR) is 86.2 cm³/mol. The second-order valence-electron chi connectivity index (χ2n) is 5.20. The minimum absolute atomic E-state index is 0.275. The average molecular weight is 275 g/mol. The molecule has 1 N–H and O–H groups in total. The summed E-state index contributed by atoms with van der Waals surface area (Å²) in [4.78, 5) is 4.78. The molecule has 2 nitrogen and oxygen atoms in total. The molecular formula is C19H17NO. The number of rotatable bonds is 2. The van der Waals surface area contributed by atoms with Gasteiger partial charge in [0, 0.05) is 16.8 Å². The van der Waals surface area contributed by atoms with E-state index in [0.29, 0.717) is 0 Å². The van der Waals surface area contributed by atoms with Gasteiger partial charge in [0.15, 0.2) is 0 Å². The van der Waals surface area contributed by atoms with Gasteiger partial charge < -0.3 is 5.11 Å². The molecular weight excluding hydrogens is 258 g/mol. The first-order valence-corrected chi connectivity index (χ1v) is 6.98. The Labute approximate surface area is 124 Å². The molecule has 21 heavy (non-hydrogen) atoms. The van der Waals surface area contributed by atoms with Crippen molar-refractivity contribution in [3.8, 4) is 28.1 Å². The van der Waals surface area contributed by atoms with Crippen LogP contribution in [0.3, 0.4) is 0 Å². The number of pyridine rings is 1. The summed E-state index contributed by atoms with van der Waals surface area (Å²) < 4.78 is 0. The zero-order chi connectivity index (χ0) is 14.8. The lowest BCUT2D eigenvalue weighted by Gasteiger charge is -2.12. The van der Waals surface area contributed by atoms with Gasteiger partial charge in [-0.2, -0.15) is 0 Å². The quantitative estimate of drug-likeness (QED) is 0.733. The van der Waals surface area contributed by atoms with Crippen LogP contribution in [-0.4, -0.2) is 10.1 Å². The topological polar surface area (TPSA) is 33.1 Å². The van der Waals surface area contributed by atoms with Gasteiger partial charge in [0.2, 0.25) is 0 Å². The summed E-state index contributed by atoms with van der Waals surface area (Å²) in [6.07, 6.45) is 0. The molecule has 104 valence electrons. The fourth-order valence-corrected chi connectivity index (χ4v) is 2.38. The Bertz CT molecular complexity index is 762. The van der Waals surface area contributed by atoms with E-state index in [2.05, 4.69) is 25.1 Å². The van der Waals surface area contributed by atoms with Crippen LogP contribution in [0.15, 0.2) is 60.7 Å². The maximum atomic E-state index is 9.47. The highest BCUT2D eigenvalue weighted by atomic mass is 16.3. The molecule has 0 saturated heterocycles. The van der Waals surface area contributed by atoms with Crippen LogP contribution in [-0.2, 0) is 0 Å². The molecule has 2 heteroatoms. The lowest BCUT2D eigenvalue weighted by Crippen LogP contribution is -1.95. The summed E-state index contributed by atoms with van der Waals surface area (Å²) >= 11 is 0. The fourth-order valence-electron chi connectivity index (χ4n) is 2.38. The molecule has 0 bridgehead atoms. The number of hydrogen-bond acceptors (Lipinski definition) is 2. The Hall–Kier alpha value is -2.61. The molecule has 2 aromatic carbocycles. The highest BCUT2D eigenvalue weighted by Crippen LogP contribution is 2.32. The van der Waals surface area contributed by atoms with Gasteiger partial charge in [-0.3, -0.25) is 4.98 Å². The SMILES string of the molecule is Cc1cc(-c2ccc(O)cc2)c(-c2ccccc2)nc1C. The Morgan fingerprint density at radius 3 is 2.14 bits per heavy atom. The first-order valence-electron chi connectivity index (χ1n) is 6.98. The van der Waals surface area contributed by atoms with Crippen molar-refractivity contribution in [2.45, 2.75) is 13.8 Å². The summed E-state index contributed by atoms with van der Waals surface area (Å²) in [6, 6.07) is 19.6. The second-order valence-corrected chi connectivity index (χ2v) is 5.20. The monoisotopic (exact) mass is 275 g/mol. The van der Waals surface area contributed by atoms with E-state index in [1.54, 1.807) is 12.1 Å². The number of aryl methyl sites for hydroxylation is 2. The molecule has 0 fully saturated rings. The van der Waals surface area contributed by atoms with Crippen LogP contribution in [0.1, 0.15) is 11.3 Å². The minimum Gasteiger partial charge on any atom is -0.508 e. The summed E-state index contributed by atoms with van der Waals surface area (Å²) in [7, 11) is 0. The van der Waals surface area contributed by atoms with Crippen molar-refractivity contribution in [1.29, 1.82) is 0 Å². The zero-order valence-electron chi connectivity index (χ0n) is 12.2. The van der Waals surface area contributed by atoms with Gasteiger partial charge in [0.05, 0.1) is 5.69 Å². The van der Waals surface area contributed by atoms with E-state index in [-0.39, 0.29) is 5.75 Å². The molecule has 0 amide bonds. The normalized spacial score (nSPS) is 10.6. The number of benzene rings is 2. The van der Waals surface area contributed by atoms with Gasteiger partial charge >= 0.3 is 0 Å². The van der Waals surface area contributed by atoms with E-state index in [1.165, 1.54) is 0 Å². The van der Waals surface area contributed by atoms with Crippen LogP contribution in [0.25, 0.3) is 22.4 Å². The van der Waals surface area contributed by atoms with Crippen molar-refractivity contribution in [3.05, 3.63) is 71.9 Å². The van der Waals surface area contributed by atoms with Gasteiger partial charge in [0.1, 0.15) is 5.75 Å². The van der Waals surface area contributed by atoms with Crippen LogP contribution in [0, 0.1) is 13.8 Å². The number of phenolic OH excluding ortho intramolecular Hbond substituents is 1. The first-order chi connectivity index (χ1) is 10.1. The smallest absolute Gasteiger partial charge is 0.115 e. The molecule has 3 aromatic rings. The van der Waals surface area contributed by atoms with Crippen molar-refractivity contribution < 1.29 is 5.11 Å². The van der Waals surface area contributed by atoms with Crippen LogP contribution in [0.2, 0.25) is 0 Å². The molecule has 0 aliphatic rings. The van der Waals surface area contributed by atoms with Crippen molar-refractivity contribution in [2.75, 3.05) is 0 Å². The Balaban J connectivity index is 2.24. The zero-order valence-corrected chi connectivity index (χ0v) is 12.2. The second kappa shape index (κ2) is 5.41. The summed E-state index contributed by atoms with van der Waals surface area (Å²) in [5, 5.41) is 9.47. The largest absolute Gasteiger partial charge is 0.508 e. The Morgan fingerprint density at radius 1 is 0.810 bits per heavy atom. The average Bonchev–Trinajstić information content (AvgIpc) is 2.51. The number of aromatic hydroxyl groups is 1. The summed E-state index contributed by atoms with van der Waals surface area (Å²) in [5.74, 6) is 0.275. The molecule has 0 saturated carbocycles. The summed E-state index contributed by atoms with van der Waals surface area (Å²) in [5.41, 5.74) is 6.42. The minimum atomic E-state index is 0.275. The van der Waals surface area contributed by atoms with E-state index in [0.717, 1.165) is 33.6 Å². The highest BCUT2D eigenvalue weighted by Gasteiger charge is 2.11. The van der Waals surface area contributed by atoms with E-state index < -0.39 is 0 Å². The Morgan fingerprint density at radius 2 is 1.48 bits per heavy atom. The van der Waals surface area contributed by atoms with Crippen molar-refractivity contribution in [2.24, 2.45) is 0 Å². The maximum absolute atomic E-state index is 9.47. The third kappa shape index (κ3) is 2.65.